The number of fused-ring (bicyclic) bond motifs is 1. The molecule has 0 unspecified atom stereocenters. The Kier molecular flexibility index (Phi) is 7.05. The fraction of sp³-hybridized carbons (Fsp3) is 0.480. The van der Waals surface area contributed by atoms with Crippen LogP contribution in [0.2, 0.25) is 0 Å². The summed E-state index contributed by atoms with van der Waals surface area (Å²) in [6.07, 6.45) is 4.49. The van der Waals surface area contributed by atoms with E-state index in [0.717, 1.165) is 36.2 Å². The summed E-state index contributed by atoms with van der Waals surface area (Å²) in [5, 5.41) is 6.30. The van der Waals surface area contributed by atoms with Crippen LogP contribution in [0.25, 0.3) is 0 Å². The molecule has 3 N–H and O–H groups in total. The second-order valence-electron chi connectivity index (χ2n) is 9.26. The quantitative estimate of drug-likeness (QED) is 0.587. The molecule has 6 nitrogen and oxygen atoms in total. The summed E-state index contributed by atoms with van der Waals surface area (Å²) in [6.45, 7) is 4.57. The summed E-state index contributed by atoms with van der Waals surface area (Å²) in [5.74, 6) is -0.493. The van der Waals surface area contributed by atoms with Crippen LogP contribution in [0, 0.1) is 18.7 Å². The van der Waals surface area contributed by atoms with E-state index in [1.165, 1.54) is 17.7 Å². The van der Waals surface area contributed by atoms with Gasteiger partial charge in [0.05, 0.1) is 10.9 Å². The van der Waals surface area contributed by atoms with E-state index < -0.39 is 10.0 Å². The maximum atomic E-state index is 13.1. The van der Waals surface area contributed by atoms with Gasteiger partial charge in [-0.15, -0.1) is 0 Å². The van der Waals surface area contributed by atoms with Gasteiger partial charge in [-0.25, -0.2) is 17.5 Å². The van der Waals surface area contributed by atoms with E-state index in [0.29, 0.717) is 30.6 Å². The van der Waals surface area contributed by atoms with Crippen LogP contribution < -0.4 is 15.4 Å². The highest BCUT2D eigenvalue weighted by molar-refractivity contribution is 7.89. The summed E-state index contributed by atoms with van der Waals surface area (Å²) >= 11 is 0. The van der Waals surface area contributed by atoms with Crippen LogP contribution in [-0.4, -0.2) is 26.9 Å². The van der Waals surface area contributed by atoms with Crippen LogP contribution in [0.15, 0.2) is 41.3 Å². The Labute approximate surface area is 195 Å². The van der Waals surface area contributed by atoms with Gasteiger partial charge in [-0.1, -0.05) is 18.2 Å². The van der Waals surface area contributed by atoms with E-state index in [9.17, 15) is 17.6 Å². The SMILES string of the molecule is Cc1cc2c(cc1S(=O)(=O)NC1CCC(C(=O)N[C@H](C)c3ccc(F)cc3)CC1)NCCC2. The van der Waals surface area contributed by atoms with Crippen LogP contribution in [0.1, 0.15) is 61.8 Å². The zero-order valence-corrected chi connectivity index (χ0v) is 20.0. The van der Waals surface area contributed by atoms with Gasteiger partial charge in [0.1, 0.15) is 5.82 Å². The molecule has 8 heteroatoms. The number of anilines is 1. The molecule has 1 fully saturated rings. The van der Waals surface area contributed by atoms with Crippen molar-refractivity contribution in [2.45, 2.75) is 69.4 Å². The number of benzene rings is 2. The summed E-state index contributed by atoms with van der Waals surface area (Å²) in [7, 11) is -3.64. The second-order valence-corrected chi connectivity index (χ2v) is 10.9. The number of hydrogen-bond acceptors (Lipinski definition) is 4. The third-order valence-corrected chi connectivity index (χ3v) is 8.44. The molecule has 2 aromatic rings. The van der Waals surface area contributed by atoms with Gasteiger partial charge in [0.15, 0.2) is 0 Å². The Bertz CT molecular complexity index is 1110. The molecule has 1 heterocycles. The molecule has 2 aliphatic rings. The average molecular weight is 474 g/mol. The molecule has 0 saturated heterocycles. The van der Waals surface area contributed by atoms with E-state index >= 15 is 0 Å². The lowest BCUT2D eigenvalue weighted by molar-refractivity contribution is -0.126. The Morgan fingerprint density at radius 2 is 1.82 bits per heavy atom. The van der Waals surface area contributed by atoms with Crippen molar-refractivity contribution in [3.05, 3.63) is 58.9 Å². The van der Waals surface area contributed by atoms with E-state index in [-0.39, 0.29) is 29.7 Å². The maximum Gasteiger partial charge on any atom is 0.241 e. The predicted octanol–water partition coefficient (Wildman–Crippen LogP) is 4.21. The molecule has 0 bridgehead atoms. The zero-order chi connectivity index (χ0) is 23.6. The molecule has 0 radical (unpaired) electrons. The number of rotatable bonds is 6. The monoisotopic (exact) mass is 473 g/mol. The fourth-order valence-electron chi connectivity index (χ4n) is 4.83. The maximum absolute atomic E-state index is 13.1. The normalized spacial score (nSPS) is 21.5. The van der Waals surface area contributed by atoms with Gasteiger partial charge >= 0.3 is 0 Å². The highest BCUT2D eigenvalue weighted by Gasteiger charge is 2.30. The number of carbonyl (C=O) groups excluding carboxylic acids is 1. The van der Waals surface area contributed by atoms with Gasteiger partial charge < -0.3 is 10.6 Å². The number of hydrogen-bond donors (Lipinski definition) is 3. The highest BCUT2D eigenvalue weighted by atomic mass is 32.2. The van der Waals surface area contributed by atoms with Crippen molar-refractivity contribution in [3.63, 3.8) is 0 Å². The van der Waals surface area contributed by atoms with Crippen molar-refractivity contribution in [3.8, 4) is 0 Å². The molecular formula is C25H32FN3O3S. The second kappa shape index (κ2) is 9.81. The summed E-state index contributed by atoms with van der Waals surface area (Å²) < 4.78 is 42.2. The molecule has 4 rings (SSSR count). The predicted molar refractivity (Wildman–Crippen MR) is 127 cm³/mol. The minimum absolute atomic E-state index is 0.0373. The number of carbonyl (C=O) groups is 1. The summed E-state index contributed by atoms with van der Waals surface area (Å²) in [6, 6.07) is 9.44. The highest BCUT2D eigenvalue weighted by Crippen LogP contribution is 2.30. The van der Waals surface area contributed by atoms with Crippen molar-refractivity contribution in [1.29, 1.82) is 0 Å². The van der Waals surface area contributed by atoms with E-state index in [4.69, 9.17) is 0 Å². The topological polar surface area (TPSA) is 87.3 Å². The molecule has 1 amide bonds. The first-order valence-corrected chi connectivity index (χ1v) is 13.2. The van der Waals surface area contributed by atoms with Gasteiger partial charge in [0.2, 0.25) is 15.9 Å². The van der Waals surface area contributed by atoms with Gasteiger partial charge in [0, 0.05) is 24.2 Å². The van der Waals surface area contributed by atoms with Crippen LogP contribution in [0.5, 0.6) is 0 Å². The summed E-state index contributed by atoms with van der Waals surface area (Å²) in [5.41, 5.74) is 3.68. The number of nitrogens with one attached hydrogen (secondary N) is 3. The van der Waals surface area contributed by atoms with E-state index in [1.807, 2.05) is 19.9 Å². The van der Waals surface area contributed by atoms with E-state index in [1.54, 1.807) is 18.2 Å². The molecular weight excluding hydrogens is 441 g/mol. The molecule has 1 atom stereocenters. The van der Waals surface area contributed by atoms with Gasteiger partial charge in [-0.2, -0.15) is 0 Å². The molecule has 2 aromatic carbocycles. The average Bonchev–Trinajstić information content (AvgIpc) is 2.79. The molecule has 0 spiro atoms. The molecule has 1 aliphatic heterocycles. The third-order valence-electron chi connectivity index (χ3n) is 6.78. The van der Waals surface area contributed by atoms with Crippen molar-refractivity contribution in [2.75, 3.05) is 11.9 Å². The number of sulfonamides is 1. The Balaban J connectivity index is 1.33. The van der Waals surface area contributed by atoms with Crippen LogP contribution in [0.4, 0.5) is 10.1 Å². The molecule has 33 heavy (non-hydrogen) atoms. The van der Waals surface area contributed by atoms with Gasteiger partial charge in [-0.3, -0.25) is 4.79 Å². The minimum Gasteiger partial charge on any atom is -0.385 e. The lowest BCUT2D eigenvalue weighted by Gasteiger charge is -2.29. The third kappa shape index (κ3) is 5.55. The van der Waals surface area contributed by atoms with E-state index in [2.05, 4.69) is 15.4 Å². The Morgan fingerprint density at radius 3 is 2.52 bits per heavy atom. The molecule has 1 saturated carbocycles. The Morgan fingerprint density at radius 1 is 1.12 bits per heavy atom. The van der Waals surface area contributed by atoms with Gasteiger partial charge in [0.25, 0.3) is 0 Å². The number of aryl methyl sites for hydroxylation is 2. The fourth-order valence-corrected chi connectivity index (χ4v) is 6.39. The lowest BCUT2D eigenvalue weighted by atomic mass is 9.85. The molecule has 0 aromatic heterocycles. The van der Waals surface area contributed by atoms with Crippen molar-refractivity contribution in [1.82, 2.24) is 10.0 Å². The number of amides is 1. The smallest absolute Gasteiger partial charge is 0.241 e. The lowest BCUT2D eigenvalue weighted by Crippen LogP contribution is -2.41. The summed E-state index contributed by atoms with van der Waals surface area (Å²) in [4.78, 5) is 13.0. The van der Waals surface area contributed by atoms with Crippen molar-refractivity contribution < 1.29 is 17.6 Å². The molecule has 178 valence electrons. The first kappa shape index (κ1) is 23.7. The van der Waals surface area contributed by atoms with Crippen LogP contribution in [0.3, 0.4) is 0 Å². The first-order chi connectivity index (χ1) is 15.7. The van der Waals surface area contributed by atoms with Gasteiger partial charge in [-0.05, 0) is 87.3 Å². The van der Waals surface area contributed by atoms with Crippen LogP contribution >= 0.6 is 0 Å². The zero-order valence-electron chi connectivity index (χ0n) is 19.2. The van der Waals surface area contributed by atoms with Crippen LogP contribution in [-0.2, 0) is 21.2 Å². The Hall–Kier alpha value is -2.45. The number of halogens is 1. The first-order valence-electron chi connectivity index (χ1n) is 11.7. The van der Waals surface area contributed by atoms with Crippen molar-refractivity contribution >= 4 is 21.6 Å². The van der Waals surface area contributed by atoms with Crippen molar-refractivity contribution in [2.24, 2.45) is 5.92 Å². The largest absolute Gasteiger partial charge is 0.385 e. The minimum atomic E-state index is -3.64. The standard InChI is InChI=1S/C25H32FN3O3S/c1-16-14-20-4-3-13-27-23(20)15-24(16)33(31,32)29-22-11-7-19(8-12-22)25(30)28-17(2)18-5-9-21(26)10-6-18/h5-6,9-10,14-15,17,19,22,27,29H,3-4,7-8,11-13H2,1-2H3,(H,28,30)/t17-,19?,22?/m1/s1. The molecule has 1 aliphatic carbocycles.